The Kier molecular flexibility index (Phi) is 10.7. The number of ether oxygens (including phenoxy) is 3. The second kappa shape index (κ2) is 15.1. The molecular weight excluding hydrogens is 626 g/mol. The number of hydrogen-bond donors (Lipinski definition) is 3. The summed E-state index contributed by atoms with van der Waals surface area (Å²) in [5, 5.41) is 12.9. The molecule has 2 heterocycles. The third-order valence-electron chi connectivity index (χ3n) is 7.80. The van der Waals surface area contributed by atoms with Gasteiger partial charge in [0.25, 0.3) is 0 Å². The minimum absolute atomic E-state index is 0.00858. The van der Waals surface area contributed by atoms with Crippen LogP contribution in [0.5, 0.6) is 17.2 Å². The first-order valence-corrected chi connectivity index (χ1v) is 16.3. The van der Waals surface area contributed by atoms with Gasteiger partial charge in [-0.25, -0.2) is 0 Å². The molecule has 2 amide bonds. The van der Waals surface area contributed by atoms with E-state index in [1.807, 2.05) is 18.4 Å². The van der Waals surface area contributed by atoms with E-state index in [1.165, 1.54) is 26.4 Å². The van der Waals surface area contributed by atoms with Crippen molar-refractivity contribution >= 4 is 29.3 Å². The van der Waals surface area contributed by atoms with Gasteiger partial charge in [0.15, 0.2) is 17.3 Å². The maximum atomic E-state index is 13.8. The summed E-state index contributed by atoms with van der Waals surface area (Å²) in [5.74, 6) is 2.39. The van der Waals surface area contributed by atoms with Crippen LogP contribution in [0.4, 0.5) is 5.69 Å². The summed E-state index contributed by atoms with van der Waals surface area (Å²) in [6, 6.07) is 9.09. The predicted octanol–water partition coefficient (Wildman–Crippen LogP) is 4.36. The molecule has 5 rings (SSSR count). The number of aromatic nitrogens is 2. The zero-order chi connectivity index (χ0) is 33.5. The summed E-state index contributed by atoms with van der Waals surface area (Å²) in [5.41, 5.74) is 2.84. The average Bonchev–Trinajstić information content (AvgIpc) is 3.72. The van der Waals surface area contributed by atoms with Gasteiger partial charge in [0.05, 0.1) is 45.9 Å². The Bertz CT molecular complexity index is 1790. The molecule has 0 unspecified atom stereocenters. The first-order chi connectivity index (χ1) is 22.8. The Morgan fingerprint density at radius 3 is 2.60 bits per heavy atom. The van der Waals surface area contributed by atoms with Crippen LogP contribution in [0.25, 0.3) is 22.7 Å². The number of benzene rings is 1. The topological polar surface area (TPSA) is 167 Å². The van der Waals surface area contributed by atoms with E-state index in [0.29, 0.717) is 59.2 Å². The lowest BCUT2D eigenvalue weighted by Crippen LogP contribution is -2.40. The molecule has 3 N–H and O–H groups in total. The molecule has 2 atom stereocenters. The van der Waals surface area contributed by atoms with Gasteiger partial charge in [-0.2, -0.15) is 16.7 Å². The molecule has 0 radical (unpaired) electrons. The van der Waals surface area contributed by atoms with E-state index in [1.54, 1.807) is 44.2 Å². The Balaban J connectivity index is 1.50. The van der Waals surface area contributed by atoms with Gasteiger partial charge in [0.1, 0.15) is 6.04 Å². The van der Waals surface area contributed by atoms with Crippen molar-refractivity contribution in [3.63, 3.8) is 0 Å². The number of methoxy groups -OCH3 is 3. The van der Waals surface area contributed by atoms with E-state index < -0.39 is 12.1 Å². The zero-order valence-electron chi connectivity index (χ0n) is 26.8. The van der Waals surface area contributed by atoms with Gasteiger partial charge in [-0.15, -0.1) is 0 Å². The standard InChI is InChI=1S/C33H37N5O8S/c1-18(39)35-22-10-8-19-15-27(42-2)30(43-3)31(44-4)29(19)20-9-11-23(25(40)16-21(20)22)36-24(12-14-47-5)33(41)34-17-28-37-32(38-46-28)26-7-6-13-45-26/h6-7,9,11,13,15-16,22,24H,8,10,12,14,17H2,1-5H3,(H,34,41)(H,35,39)(H,36,40)/t22-,24-/m0/s1. The molecule has 47 heavy (non-hydrogen) atoms. The predicted molar refractivity (Wildman–Crippen MR) is 177 cm³/mol. The number of fused-ring (bicyclic) bond motifs is 3. The van der Waals surface area contributed by atoms with Crippen LogP contribution in [0.2, 0.25) is 0 Å². The summed E-state index contributed by atoms with van der Waals surface area (Å²) in [6.45, 7) is 1.44. The maximum Gasteiger partial charge on any atom is 0.246 e. The minimum Gasteiger partial charge on any atom is -0.493 e. The highest BCUT2D eigenvalue weighted by atomic mass is 32.2. The number of carbonyl (C=O) groups is 2. The van der Waals surface area contributed by atoms with Gasteiger partial charge in [-0.3, -0.25) is 14.4 Å². The molecule has 2 aromatic heterocycles. The van der Waals surface area contributed by atoms with Crippen molar-refractivity contribution in [2.45, 2.75) is 44.8 Å². The number of furan rings is 1. The molecule has 0 aliphatic heterocycles. The van der Waals surface area contributed by atoms with E-state index in [9.17, 15) is 14.4 Å². The normalized spacial score (nSPS) is 14.2. The molecule has 1 aliphatic carbocycles. The maximum absolute atomic E-state index is 13.8. The van der Waals surface area contributed by atoms with Crippen molar-refractivity contribution in [1.29, 1.82) is 0 Å². The molecule has 0 spiro atoms. The average molecular weight is 664 g/mol. The van der Waals surface area contributed by atoms with Crippen molar-refractivity contribution in [3.8, 4) is 40.0 Å². The van der Waals surface area contributed by atoms with Gasteiger partial charge in [-0.05, 0) is 78.3 Å². The highest BCUT2D eigenvalue weighted by Gasteiger charge is 2.30. The van der Waals surface area contributed by atoms with Gasteiger partial charge >= 0.3 is 0 Å². The highest BCUT2D eigenvalue weighted by molar-refractivity contribution is 7.98. The van der Waals surface area contributed by atoms with Gasteiger partial charge < -0.3 is 39.1 Å². The number of anilines is 1. The number of nitrogens with one attached hydrogen (secondary N) is 3. The van der Waals surface area contributed by atoms with Crippen molar-refractivity contribution in [2.75, 3.05) is 38.7 Å². The summed E-state index contributed by atoms with van der Waals surface area (Å²) in [7, 11) is 4.63. The van der Waals surface area contributed by atoms with Crippen molar-refractivity contribution in [3.05, 3.63) is 69.9 Å². The van der Waals surface area contributed by atoms with Crippen LogP contribution >= 0.6 is 11.8 Å². The van der Waals surface area contributed by atoms with Crippen molar-refractivity contribution in [1.82, 2.24) is 20.8 Å². The number of hydrogen-bond acceptors (Lipinski definition) is 12. The lowest BCUT2D eigenvalue weighted by molar-refractivity contribution is -0.122. The number of rotatable bonds is 13. The third kappa shape index (κ3) is 7.38. The molecule has 0 saturated heterocycles. The van der Waals surface area contributed by atoms with Crippen LogP contribution in [0.3, 0.4) is 0 Å². The summed E-state index contributed by atoms with van der Waals surface area (Å²) < 4.78 is 27.7. The first-order valence-electron chi connectivity index (χ1n) is 14.9. The largest absolute Gasteiger partial charge is 0.493 e. The SMILES string of the molecule is COc1cc2c(c(OC)c1OC)-c1ccc(N[C@@H](CCSC)C(=O)NCc3nc(-c4ccco4)no3)c(=O)cc1[C@@H](NC(C)=O)CC2. The van der Waals surface area contributed by atoms with Gasteiger partial charge in [0.2, 0.25) is 34.7 Å². The smallest absolute Gasteiger partial charge is 0.246 e. The second-order valence-corrected chi connectivity index (χ2v) is 11.8. The minimum atomic E-state index is -0.748. The molecule has 0 bridgehead atoms. The summed E-state index contributed by atoms with van der Waals surface area (Å²) in [6.07, 6.45) is 4.99. The van der Waals surface area contributed by atoms with Crippen LogP contribution in [0, 0.1) is 0 Å². The first kappa shape index (κ1) is 33.4. The van der Waals surface area contributed by atoms with Crippen molar-refractivity contribution in [2.24, 2.45) is 0 Å². The molecular formula is C33H37N5O8S. The third-order valence-corrected chi connectivity index (χ3v) is 8.44. The van der Waals surface area contributed by atoms with E-state index in [2.05, 4.69) is 26.1 Å². The number of aryl methyl sites for hydroxylation is 1. The Hall–Kier alpha value is -4.98. The van der Waals surface area contributed by atoms with E-state index in [0.717, 1.165) is 11.1 Å². The monoisotopic (exact) mass is 663 g/mol. The molecule has 248 valence electrons. The molecule has 4 aromatic rings. The van der Waals surface area contributed by atoms with Gasteiger partial charge in [0, 0.05) is 12.5 Å². The summed E-state index contributed by atoms with van der Waals surface area (Å²) >= 11 is 1.58. The zero-order valence-corrected chi connectivity index (χ0v) is 27.6. The van der Waals surface area contributed by atoms with Gasteiger partial charge in [-0.1, -0.05) is 11.2 Å². The van der Waals surface area contributed by atoms with Crippen LogP contribution in [-0.2, 0) is 22.6 Å². The second-order valence-electron chi connectivity index (χ2n) is 10.8. The number of thioether (sulfide) groups is 1. The van der Waals surface area contributed by atoms with E-state index >= 15 is 0 Å². The van der Waals surface area contributed by atoms with E-state index in [4.69, 9.17) is 23.2 Å². The van der Waals surface area contributed by atoms with Crippen LogP contribution in [0.15, 0.2) is 56.4 Å². The molecule has 2 aromatic carbocycles. The number of nitrogens with zero attached hydrogens (tertiary/aromatic N) is 2. The summed E-state index contributed by atoms with van der Waals surface area (Å²) in [4.78, 5) is 43.8. The number of amides is 2. The van der Waals surface area contributed by atoms with Crippen LogP contribution < -0.4 is 35.6 Å². The quantitative estimate of drug-likeness (QED) is 0.185. The lowest BCUT2D eigenvalue weighted by atomic mass is 9.95. The fourth-order valence-electron chi connectivity index (χ4n) is 5.64. The number of carbonyl (C=O) groups excluding carboxylic acids is 2. The van der Waals surface area contributed by atoms with Crippen LogP contribution in [0.1, 0.15) is 42.8 Å². The highest BCUT2D eigenvalue weighted by Crippen LogP contribution is 2.50. The Morgan fingerprint density at radius 2 is 1.91 bits per heavy atom. The fourth-order valence-corrected chi connectivity index (χ4v) is 6.11. The van der Waals surface area contributed by atoms with Crippen LogP contribution in [-0.4, -0.2) is 61.3 Å². The Morgan fingerprint density at radius 1 is 1.11 bits per heavy atom. The lowest BCUT2D eigenvalue weighted by Gasteiger charge is -2.19. The molecule has 1 aliphatic rings. The molecule has 14 heteroatoms. The molecule has 0 fully saturated rings. The molecule has 13 nitrogen and oxygen atoms in total. The molecule has 0 saturated carbocycles. The van der Waals surface area contributed by atoms with E-state index in [-0.39, 0.29) is 41.2 Å². The van der Waals surface area contributed by atoms with Crippen molar-refractivity contribution < 1.29 is 32.7 Å². The Labute approximate surface area is 275 Å². The fraction of sp³-hybridized carbons (Fsp3) is 0.364.